The topological polar surface area (TPSA) is 66.1 Å². The Bertz CT molecular complexity index is 869. The van der Waals surface area contributed by atoms with Gasteiger partial charge in [-0.25, -0.2) is 13.4 Å². The smallest absolute Gasteiger partial charge is 0.220 e. The zero-order valence-electron chi connectivity index (χ0n) is 15.6. The molecule has 3 rings (SSSR count). The maximum absolute atomic E-state index is 13.0. The van der Waals surface area contributed by atoms with E-state index in [2.05, 4.69) is 41.2 Å². The molecule has 1 aromatic heterocycles. The van der Waals surface area contributed by atoms with Crippen molar-refractivity contribution in [1.82, 2.24) is 14.3 Å². The summed E-state index contributed by atoms with van der Waals surface area (Å²) in [5, 5.41) is -0.528. The molecular weight excluding hydrogens is 346 g/mol. The fourth-order valence-electron chi connectivity index (χ4n) is 3.45. The molecular formula is C20H27N3O2S. The van der Waals surface area contributed by atoms with Crippen molar-refractivity contribution < 1.29 is 8.42 Å². The van der Waals surface area contributed by atoms with E-state index in [4.69, 9.17) is 0 Å². The fraction of sp³-hybridized carbons (Fsp3) is 0.450. The Morgan fingerprint density at radius 1 is 1.27 bits per heavy atom. The van der Waals surface area contributed by atoms with Crippen LogP contribution in [0.3, 0.4) is 0 Å². The first kappa shape index (κ1) is 18.9. The van der Waals surface area contributed by atoms with Gasteiger partial charge in [-0.1, -0.05) is 48.4 Å². The second-order valence-electron chi connectivity index (χ2n) is 6.95. The van der Waals surface area contributed by atoms with E-state index in [0.717, 1.165) is 36.3 Å². The lowest BCUT2D eigenvalue weighted by atomic mass is 10.0. The number of hydrogen-bond donors (Lipinski definition) is 1. The lowest BCUT2D eigenvalue weighted by molar-refractivity contribution is 0.246. The third-order valence-electron chi connectivity index (χ3n) is 4.99. The third kappa shape index (κ3) is 3.76. The summed E-state index contributed by atoms with van der Waals surface area (Å²) in [4.78, 5) is 7.88. The molecule has 0 radical (unpaired) electrons. The van der Waals surface area contributed by atoms with Crippen LogP contribution in [0.25, 0.3) is 11.3 Å². The molecule has 1 fully saturated rings. The highest BCUT2D eigenvalue weighted by atomic mass is 32.2. The number of nitrogens with one attached hydrogen (secondary N) is 1. The van der Waals surface area contributed by atoms with Crippen molar-refractivity contribution in [3.8, 4) is 11.3 Å². The average molecular weight is 374 g/mol. The highest BCUT2D eigenvalue weighted by Crippen LogP contribution is 2.34. The SMILES string of the molecule is C/C=C/C(C)S(=O)(=O)N1CCCCC1c1ncc(-c2ccc(C)cc2)[nH]1. The summed E-state index contributed by atoms with van der Waals surface area (Å²) in [6.45, 7) is 6.19. The number of benzene rings is 1. The zero-order valence-corrected chi connectivity index (χ0v) is 16.5. The molecule has 0 bridgehead atoms. The number of aromatic amines is 1. The van der Waals surface area contributed by atoms with E-state index in [1.54, 1.807) is 29.6 Å². The van der Waals surface area contributed by atoms with E-state index in [1.807, 2.05) is 6.92 Å². The number of allylic oxidation sites excluding steroid dienone is 1. The van der Waals surface area contributed by atoms with Crippen LogP contribution in [0.15, 0.2) is 42.6 Å². The maximum atomic E-state index is 13.0. The number of aromatic nitrogens is 2. The lowest BCUT2D eigenvalue weighted by Gasteiger charge is -2.34. The molecule has 26 heavy (non-hydrogen) atoms. The van der Waals surface area contributed by atoms with E-state index < -0.39 is 15.3 Å². The average Bonchev–Trinajstić information content (AvgIpc) is 3.12. The molecule has 2 aromatic rings. The maximum Gasteiger partial charge on any atom is 0.220 e. The molecule has 140 valence electrons. The van der Waals surface area contributed by atoms with Gasteiger partial charge in [0.25, 0.3) is 0 Å². The second kappa shape index (κ2) is 7.76. The number of nitrogens with zero attached hydrogens (tertiary/aromatic N) is 2. The molecule has 5 nitrogen and oxygen atoms in total. The number of rotatable bonds is 5. The van der Waals surface area contributed by atoms with Crippen LogP contribution in [0.4, 0.5) is 0 Å². The summed E-state index contributed by atoms with van der Waals surface area (Å²) in [5.74, 6) is 0.733. The minimum atomic E-state index is -3.40. The quantitative estimate of drug-likeness (QED) is 0.799. The summed E-state index contributed by atoms with van der Waals surface area (Å²) in [6, 6.07) is 8.00. The molecule has 0 saturated carbocycles. The van der Waals surface area contributed by atoms with Crippen LogP contribution in [-0.2, 0) is 10.0 Å². The Hall–Kier alpha value is -1.92. The van der Waals surface area contributed by atoms with Gasteiger partial charge in [0.1, 0.15) is 5.82 Å². The third-order valence-corrected chi connectivity index (χ3v) is 7.18. The lowest BCUT2D eigenvalue weighted by Crippen LogP contribution is -2.42. The molecule has 1 aliphatic rings. The van der Waals surface area contributed by atoms with Crippen LogP contribution in [0.2, 0.25) is 0 Å². The Labute approximate surface area is 156 Å². The number of H-pyrrole nitrogens is 1. The van der Waals surface area contributed by atoms with Crippen LogP contribution in [-0.4, -0.2) is 34.5 Å². The number of sulfonamides is 1. The van der Waals surface area contributed by atoms with E-state index in [9.17, 15) is 8.42 Å². The molecule has 1 saturated heterocycles. The minimum Gasteiger partial charge on any atom is -0.341 e. The molecule has 2 atom stereocenters. The van der Waals surface area contributed by atoms with Gasteiger partial charge >= 0.3 is 0 Å². The first-order valence-electron chi connectivity index (χ1n) is 9.19. The van der Waals surface area contributed by atoms with Gasteiger partial charge < -0.3 is 4.98 Å². The van der Waals surface area contributed by atoms with Gasteiger partial charge in [-0.2, -0.15) is 4.31 Å². The molecule has 0 aliphatic carbocycles. The van der Waals surface area contributed by atoms with Crippen LogP contribution < -0.4 is 0 Å². The molecule has 0 spiro atoms. The first-order valence-corrected chi connectivity index (χ1v) is 10.7. The molecule has 1 N–H and O–H groups in total. The van der Waals surface area contributed by atoms with E-state index >= 15 is 0 Å². The number of hydrogen-bond acceptors (Lipinski definition) is 3. The standard InChI is InChI=1S/C20H27N3O2S/c1-4-7-16(3)26(24,25)23-13-6-5-8-19(23)20-21-14-18(22-20)17-11-9-15(2)10-12-17/h4,7,9-12,14,16,19H,5-6,8,13H2,1-3H3,(H,21,22)/b7-4+. The van der Waals surface area contributed by atoms with Gasteiger partial charge in [-0.05, 0) is 39.2 Å². The van der Waals surface area contributed by atoms with E-state index in [0.29, 0.717) is 6.54 Å². The van der Waals surface area contributed by atoms with Crippen LogP contribution in [0.1, 0.15) is 50.5 Å². The van der Waals surface area contributed by atoms with Gasteiger partial charge in [-0.15, -0.1) is 0 Å². The van der Waals surface area contributed by atoms with Gasteiger partial charge in [0.15, 0.2) is 0 Å². The molecule has 6 heteroatoms. The van der Waals surface area contributed by atoms with E-state index in [1.165, 1.54) is 5.56 Å². The Morgan fingerprint density at radius 2 is 2.00 bits per heavy atom. The summed E-state index contributed by atoms with van der Waals surface area (Å²) >= 11 is 0. The Balaban J connectivity index is 1.90. The number of aryl methyl sites for hydroxylation is 1. The fourth-order valence-corrected chi connectivity index (χ4v) is 5.18. The van der Waals surface area contributed by atoms with Crippen molar-refractivity contribution in [3.05, 3.63) is 54.0 Å². The highest BCUT2D eigenvalue weighted by Gasteiger charge is 2.37. The van der Waals surface area contributed by atoms with Crippen LogP contribution in [0, 0.1) is 6.92 Å². The normalized spacial score (nSPS) is 20.5. The van der Waals surface area contributed by atoms with Crippen LogP contribution in [0.5, 0.6) is 0 Å². The predicted molar refractivity (Wildman–Crippen MR) is 105 cm³/mol. The van der Waals surface area contributed by atoms with Crippen molar-refractivity contribution in [1.29, 1.82) is 0 Å². The van der Waals surface area contributed by atoms with Crippen molar-refractivity contribution in [3.63, 3.8) is 0 Å². The van der Waals surface area contributed by atoms with Crippen molar-refractivity contribution in [2.45, 2.75) is 51.3 Å². The second-order valence-corrected chi connectivity index (χ2v) is 9.19. The molecule has 1 aliphatic heterocycles. The van der Waals surface area contributed by atoms with Gasteiger partial charge in [0.2, 0.25) is 10.0 Å². The molecule has 2 heterocycles. The summed E-state index contributed by atoms with van der Waals surface area (Å²) < 4.78 is 27.7. The molecule has 0 amide bonds. The molecule has 2 unspecified atom stereocenters. The predicted octanol–water partition coefficient (Wildman–Crippen LogP) is 4.21. The zero-order chi connectivity index (χ0) is 18.7. The highest BCUT2D eigenvalue weighted by molar-refractivity contribution is 7.89. The van der Waals surface area contributed by atoms with Gasteiger partial charge in [-0.3, -0.25) is 0 Å². The van der Waals surface area contributed by atoms with Gasteiger partial charge in [0, 0.05) is 6.54 Å². The summed E-state index contributed by atoms with van der Waals surface area (Å²) in [6.07, 6.45) is 8.03. The van der Waals surface area contributed by atoms with E-state index in [-0.39, 0.29) is 6.04 Å². The number of piperidine rings is 1. The first-order chi connectivity index (χ1) is 12.4. The number of imidazole rings is 1. The van der Waals surface area contributed by atoms with Crippen molar-refractivity contribution >= 4 is 10.0 Å². The summed E-state index contributed by atoms with van der Waals surface area (Å²) in [5.41, 5.74) is 3.18. The van der Waals surface area contributed by atoms with Crippen molar-refractivity contribution in [2.75, 3.05) is 6.54 Å². The van der Waals surface area contributed by atoms with Crippen LogP contribution >= 0.6 is 0 Å². The largest absolute Gasteiger partial charge is 0.341 e. The Morgan fingerprint density at radius 3 is 2.69 bits per heavy atom. The minimum absolute atomic E-state index is 0.222. The Kier molecular flexibility index (Phi) is 5.63. The van der Waals surface area contributed by atoms with Crippen molar-refractivity contribution in [2.24, 2.45) is 0 Å². The van der Waals surface area contributed by atoms with Gasteiger partial charge in [0.05, 0.1) is 23.2 Å². The molecule has 1 aromatic carbocycles. The summed E-state index contributed by atoms with van der Waals surface area (Å²) in [7, 11) is -3.40. The monoisotopic (exact) mass is 373 g/mol.